The van der Waals surface area contributed by atoms with Crippen LogP contribution in [0.5, 0.6) is 0 Å². The molecule has 0 aromatic heterocycles. The van der Waals surface area contributed by atoms with Crippen LogP contribution >= 0.6 is 22.6 Å². The van der Waals surface area contributed by atoms with E-state index in [9.17, 15) is 9.90 Å². The molecule has 0 bridgehead atoms. The highest BCUT2D eigenvalue weighted by molar-refractivity contribution is 14.1. The minimum absolute atomic E-state index is 0.0825. The van der Waals surface area contributed by atoms with Gasteiger partial charge in [0.05, 0.1) is 5.76 Å². The summed E-state index contributed by atoms with van der Waals surface area (Å²) in [6.45, 7) is 6.61. The monoisotopic (exact) mass is 378 g/mol. The second-order valence-corrected chi connectivity index (χ2v) is 7.57. The van der Waals surface area contributed by atoms with E-state index in [0.717, 1.165) is 43.0 Å². The second-order valence-electron chi connectivity index (χ2n) is 6.49. The summed E-state index contributed by atoms with van der Waals surface area (Å²) in [5.74, 6) is 0.724. The first kappa shape index (κ1) is 17.0. The summed E-state index contributed by atoms with van der Waals surface area (Å²) < 4.78 is 0.994. The van der Waals surface area contributed by atoms with E-state index in [-0.39, 0.29) is 17.6 Å². The molecule has 0 amide bonds. The normalized spacial score (nSPS) is 22.2. The van der Waals surface area contributed by atoms with Gasteiger partial charge in [0.2, 0.25) is 0 Å². The van der Waals surface area contributed by atoms with E-state index in [1.54, 1.807) is 0 Å². The molecule has 0 saturated heterocycles. The van der Waals surface area contributed by atoms with E-state index in [1.807, 2.05) is 6.92 Å². The van der Waals surface area contributed by atoms with E-state index in [4.69, 9.17) is 0 Å². The molecule has 0 heterocycles. The lowest BCUT2D eigenvalue weighted by molar-refractivity contribution is -0.118. The van der Waals surface area contributed by atoms with Gasteiger partial charge in [-0.15, -0.1) is 0 Å². The number of ketones is 1. The molecule has 110 valence electrons. The quantitative estimate of drug-likeness (QED) is 0.303. The zero-order valence-electron chi connectivity index (χ0n) is 12.4. The van der Waals surface area contributed by atoms with E-state index in [1.165, 1.54) is 6.08 Å². The standard InChI is InChI=1S/C16H27IO2/c1-4-12(7-10-17)14(18)11-15(19)13-5-8-16(2,3)9-6-13/h11-13,19H,4-10H2,1-3H3/b15-11-. The summed E-state index contributed by atoms with van der Waals surface area (Å²) in [4.78, 5) is 12.1. The number of aliphatic hydroxyl groups excluding tert-OH is 1. The van der Waals surface area contributed by atoms with Crippen molar-refractivity contribution in [2.24, 2.45) is 17.3 Å². The largest absolute Gasteiger partial charge is 0.512 e. The minimum Gasteiger partial charge on any atom is -0.512 e. The van der Waals surface area contributed by atoms with Crippen molar-refractivity contribution in [3.05, 3.63) is 11.8 Å². The van der Waals surface area contributed by atoms with Crippen LogP contribution in [0, 0.1) is 17.3 Å². The first-order valence-electron chi connectivity index (χ1n) is 7.40. The van der Waals surface area contributed by atoms with E-state index >= 15 is 0 Å². The molecule has 0 radical (unpaired) electrons. The fourth-order valence-electron chi connectivity index (χ4n) is 2.76. The third-order valence-electron chi connectivity index (χ3n) is 4.40. The number of rotatable bonds is 6. The van der Waals surface area contributed by atoms with Crippen molar-refractivity contribution in [3.63, 3.8) is 0 Å². The predicted octanol–water partition coefficient (Wildman–Crippen LogP) is 5.07. The number of hydrogen-bond donors (Lipinski definition) is 1. The van der Waals surface area contributed by atoms with Gasteiger partial charge in [0.15, 0.2) is 5.78 Å². The Morgan fingerprint density at radius 2 is 2.00 bits per heavy atom. The molecule has 0 aromatic carbocycles. The molecular weight excluding hydrogens is 351 g/mol. The molecule has 1 saturated carbocycles. The Kier molecular flexibility index (Phi) is 6.84. The number of halogens is 1. The fourth-order valence-corrected chi connectivity index (χ4v) is 3.51. The van der Waals surface area contributed by atoms with Crippen LogP contribution in [0.15, 0.2) is 11.8 Å². The molecule has 0 aliphatic heterocycles. The molecule has 1 rings (SSSR count). The van der Waals surface area contributed by atoms with Crippen LogP contribution in [0.2, 0.25) is 0 Å². The van der Waals surface area contributed by atoms with Crippen LogP contribution < -0.4 is 0 Å². The lowest BCUT2D eigenvalue weighted by atomic mass is 9.72. The van der Waals surface area contributed by atoms with Crippen LogP contribution in [0.4, 0.5) is 0 Å². The van der Waals surface area contributed by atoms with Crippen LogP contribution in [0.1, 0.15) is 59.3 Å². The molecule has 19 heavy (non-hydrogen) atoms. The van der Waals surface area contributed by atoms with Crippen molar-refractivity contribution in [3.8, 4) is 0 Å². The Morgan fingerprint density at radius 1 is 1.42 bits per heavy atom. The Labute approximate surface area is 131 Å². The number of carbonyl (C=O) groups is 1. The molecule has 3 heteroatoms. The second kappa shape index (κ2) is 7.65. The van der Waals surface area contributed by atoms with Gasteiger partial charge >= 0.3 is 0 Å². The molecule has 1 fully saturated rings. The Morgan fingerprint density at radius 3 is 2.47 bits per heavy atom. The molecule has 1 aliphatic carbocycles. The molecule has 1 atom stereocenters. The van der Waals surface area contributed by atoms with E-state index < -0.39 is 0 Å². The first-order valence-corrected chi connectivity index (χ1v) is 8.92. The van der Waals surface area contributed by atoms with Gasteiger partial charge in [0.1, 0.15) is 0 Å². The third-order valence-corrected chi connectivity index (χ3v) is 5.02. The summed E-state index contributed by atoms with van der Waals surface area (Å²) >= 11 is 2.30. The van der Waals surface area contributed by atoms with Gasteiger partial charge in [-0.3, -0.25) is 4.79 Å². The topological polar surface area (TPSA) is 37.3 Å². The zero-order valence-corrected chi connectivity index (χ0v) is 14.6. The Bertz CT molecular complexity index is 324. The Hall–Kier alpha value is -0.0600. The van der Waals surface area contributed by atoms with Gasteiger partial charge in [-0.05, 0) is 43.9 Å². The molecular formula is C16H27IO2. The van der Waals surface area contributed by atoms with Crippen LogP contribution in [-0.4, -0.2) is 15.3 Å². The maximum absolute atomic E-state index is 12.1. The van der Waals surface area contributed by atoms with Gasteiger partial charge in [-0.2, -0.15) is 0 Å². The summed E-state index contributed by atoms with van der Waals surface area (Å²) in [5.41, 5.74) is 0.397. The molecule has 1 aliphatic rings. The Balaban J connectivity index is 2.59. The van der Waals surface area contributed by atoms with Crippen molar-refractivity contribution in [2.75, 3.05) is 4.43 Å². The summed E-state index contributed by atoms with van der Waals surface area (Å²) in [7, 11) is 0. The predicted molar refractivity (Wildman–Crippen MR) is 88.7 cm³/mol. The van der Waals surface area contributed by atoms with Crippen LogP contribution in [-0.2, 0) is 4.79 Å². The lowest BCUT2D eigenvalue weighted by Gasteiger charge is -2.33. The summed E-state index contributed by atoms with van der Waals surface area (Å²) in [5, 5.41) is 10.2. The third kappa shape index (κ3) is 5.44. The average molecular weight is 378 g/mol. The van der Waals surface area contributed by atoms with Gasteiger partial charge in [-0.25, -0.2) is 0 Å². The number of carbonyl (C=O) groups excluding carboxylic acids is 1. The van der Waals surface area contributed by atoms with Gasteiger partial charge in [0.25, 0.3) is 0 Å². The highest BCUT2D eigenvalue weighted by Crippen LogP contribution is 2.40. The SMILES string of the molecule is CCC(CCI)C(=O)/C=C(\O)C1CCC(C)(C)CC1. The van der Waals surface area contributed by atoms with Crippen molar-refractivity contribution in [2.45, 2.75) is 59.3 Å². The van der Waals surface area contributed by atoms with Gasteiger partial charge in [-0.1, -0.05) is 43.4 Å². The first-order chi connectivity index (χ1) is 8.89. The van der Waals surface area contributed by atoms with Crippen LogP contribution in [0.3, 0.4) is 0 Å². The highest BCUT2D eigenvalue weighted by Gasteiger charge is 2.29. The van der Waals surface area contributed by atoms with E-state index in [2.05, 4.69) is 36.4 Å². The van der Waals surface area contributed by atoms with Crippen LogP contribution in [0.25, 0.3) is 0 Å². The number of alkyl halides is 1. The van der Waals surface area contributed by atoms with Gasteiger partial charge in [0, 0.05) is 22.3 Å². The fraction of sp³-hybridized carbons (Fsp3) is 0.812. The van der Waals surface area contributed by atoms with Crippen molar-refractivity contribution < 1.29 is 9.90 Å². The van der Waals surface area contributed by atoms with E-state index in [0.29, 0.717) is 11.2 Å². The zero-order chi connectivity index (χ0) is 14.5. The summed E-state index contributed by atoms with van der Waals surface area (Å²) in [6.07, 6.45) is 7.57. The summed E-state index contributed by atoms with van der Waals surface area (Å²) in [6, 6.07) is 0. The average Bonchev–Trinajstić information content (AvgIpc) is 2.35. The van der Waals surface area contributed by atoms with Crippen molar-refractivity contribution >= 4 is 28.4 Å². The van der Waals surface area contributed by atoms with Crippen molar-refractivity contribution in [1.29, 1.82) is 0 Å². The molecule has 2 nitrogen and oxygen atoms in total. The molecule has 1 N–H and O–H groups in total. The lowest BCUT2D eigenvalue weighted by Crippen LogP contribution is -2.23. The van der Waals surface area contributed by atoms with Gasteiger partial charge < -0.3 is 5.11 Å². The smallest absolute Gasteiger partial charge is 0.162 e. The maximum Gasteiger partial charge on any atom is 0.162 e. The van der Waals surface area contributed by atoms with Crippen molar-refractivity contribution in [1.82, 2.24) is 0 Å². The highest BCUT2D eigenvalue weighted by atomic mass is 127. The molecule has 0 spiro atoms. The molecule has 1 unspecified atom stereocenters. The number of aliphatic hydroxyl groups is 1. The number of hydrogen-bond acceptors (Lipinski definition) is 2. The number of allylic oxidation sites excluding steroid dienone is 2. The minimum atomic E-state index is 0.0825. The maximum atomic E-state index is 12.1. The molecule has 0 aromatic rings.